The van der Waals surface area contributed by atoms with Crippen LogP contribution in [0.15, 0.2) is 46.2 Å². The summed E-state index contributed by atoms with van der Waals surface area (Å²) in [5.41, 5.74) is 0.417. The molecule has 0 unspecified atom stereocenters. The van der Waals surface area contributed by atoms with Gasteiger partial charge in [-0.3, -0.25) is 4.72 Å². The molecule has 0 amide bonds. The van der Waals surface area contributed by atoms with Crippen molar-refractivity contribution < 1.29 is 25.6 Å². The van der Waals surface area contributed by atoms with Gasteiger partial charge in [0.2, 0.25) is 10.0 Å². The molecule has 136 valence electrons. The highest BCUT2D eigenvalue weighted by Crippen LogP contribution is 2.24. The molecule has 0 heterocycles. The zero-order valence-electron chi connectivity index (χ0n) is 13.6. The first-order valence-electron chi connectivity index (χ1n) is 6.96. The Morgan fingerprint density at radius 2 is 1.56 bits per heavy atom. The maximum atomic E-state index is 13.3. The number of nitrogens with zero attached hydrogens (tertiary/aromatic N) is 1. The number of aryl methyl sites for hydroxylation is 1. The van der Waals surface area contributed by atoms with Gasteiger partial charge in [-0.1, -0.05) is 6.07 Å². The average molecular weight is 390 g/mol. The maximum absolute atomic E-state index is 13.3. The Morgan fingerprint density at radius 1 is 0.920 bits per heavy atom. The van der Waals surface area contributed by atoms with Crippen LogP contribution in [-0.4, -0.2) is 35.2 Å². The van der Waals surface area contributed by atoms with Crippen molar-refractivity contribution in [3.8, 4) is 0 Å². The molecular formula is C15H16F2N2O4S2. The standard InChI is InChI=1S/C15H16F2N2O4S2/c1-10-4-5-11(8-15(10)25(22,23)19(2)3)18-24(20,21)12-6-7-13(16)14(17)9-12/h4-9,18H,1-3H3. The highest BCUT2D eigenvalue weighted by molar-refractivity contribution is 7.92. The molecule has 0 fully saturated rings. The summed E-state index contributed by atoms with van der Waals surface area (Å²) in [6, 6.07) is 6.14. The summed E-state index contributed by atoms with van der Waals surface area (Å²) in [4.78, 5) is -0.549. The smallest absolute Gasteiger partial charge is 0.261 e. The van der Waals surface area contributed by atoms with Gasteiger partial charge in [0.1, 0.15) is 0 Å². The highest BCUT2D eigenvalue weighted by Gasteiger charge is 2.22. The predicted octanol–water partition coefficient (Wildman–Crippen LogP) is 2.32. The Kier molecular flexibility index (Phi) is 5.17. The van der Waals surface area contributed by atoms with Gasteiger partial charge in [-0.05, 0) is 42.8 Å². The van der Waals surface area contributed by atoms with Crippen LogP contribution in [-0.2, 0) is 20.0 Å². The Hall–Kier alpha value is -2.04. The fourth-order valence-electron chi connectivity index (χ4n) is 2.00. The molecule has 2 aromatic rings. The van der Waals surface area contributed by atoms with Crippen LogP contribution in [0.3, 0.4) is 0 Å². The van der Waals surface area contributed by atoms with Gasteiger partial charge in [0.15, 0.2) is 11.6 Å². The van der Waals surface area contributed by atoms with Crippen LogP contribution >= 0.6 is 0 Å². The minimum Gasteiger partial charge on any atom is -0.280 e. The third-order valence-electron chi connectivity index (χ3n) is 3.40. The number of hydrogen-bond acceptors (Lipinski definition) is 4. The van der Waals surface area contributed by atoms with E-state index in [4.69, 9.17) is 0 Å². The van der Waals surface area contributed by atoms with Crippen molar-refractivity contribution >= 4 is 25.7 Å². The Morgan fingerprint density at radius 3 is 2.12 bits per heavy atom. The zero-order chi connectivity index (χ0) is 19.0. The van der Waals surface area contributed by atoms with Crippen LogP contribution < -0.4 is 4.72 Å². The van der Waals surface area contributed by atoms with E-state index in [2.05, 4.69) is 4.72 Å². The van der Waals surface area contributed by atoms with E-state index in [0.717, 1.165) is 10.4 Å². The third kappa shape index (κ3) is 3.97. The zero-order valence-corrected chi connectivity index (χ0v) is 15.2. The summed E-state index contributed by atoms with van der Waals surface area (Å²) >= 11 is 0. The van der Waals surface area contributed by atoms with E-state index in [9.17, 15) is 25.6 Å². The summed E-state index contributed by atoms with van der Waals surface area (Å²) in [5.74, 6) is -2.48. The molecule has 0 aliphatic rings. The Labute approximate surface area is 145 Å². The average Bonchev–Trinajstić information content (AvgIpc) is 2.51. The van der Waals surface area contributed by atoms with Gasteiger partial charge in [-0.15, -0.1) is 0 Å². The minimum atomic E-state index is -4.21. The van der Waals surface area contributed by atoms with Gasteiger partial charge in [0.25, 0.3) is 10.0 Å². The molecule has 0 saturated heterocycles. The van der Waals surface area contributed by atoms with Crippen molar-refractivity contribution in [3.05, 3.63) is 53.6 Å². The Bertz CT molecular complexity index is 1020. The first-order valence-corrected chi connectivity index (χ1v) is 9.88. The lowest BCUT2D eigenvalue weighted by molar-refractivity contribution is 0.504. The number of hydrogen-bond donors (Lipinski definition) is 1. The molecule has 0 spiro atoms. The van der Waals surface area contributed by atoms with Crippen LogP contribution in [0.5, 0.6) is 0 Å². The van der Waals surface area contributed by atoms with Crippen molar-refractivity contribution in [2.75, 3.05) is 18.8 Å². The monoisotopic (exact) mass is 390 g/mol. The van der Waals surface area contributed by atoms with E-state index in [1.54, 1.807) is 6.92 Å². The largest absolute Gasteiger partial charge is 0.280 e. The van der Waals surface area contributed by atoms with E-state index in [1.165, 1.54) is 32.3 Å². The molecule has 0 bridgehead atoms. The molecule has 2 rings (SSSR count). The highest BCUT2D eigenvalue weighted by atomic mass is 32.2. The molecule has 10 heteroatoms. The molecule has 1 N–H and O–H groups in total. The maximum Gasteiger partial charge on any atom is 0.261 e. The molecule has 6 nitrogen and oxygen atoms in total. The molecule has 0 aliphatic carbocycles. The minimum absolute atomic E-state index is 0.0178. The molecule has 0 aliphatic heterocycles. The van der Waals surface area contributed by atoms with Crippen LogP contribution in [0.1, 0.15) is 5.56 Å². The fourth-order valence-corrected chi connectivity index (χ4v) is 4.20. The first-order chi connectivity index (χ1) is 11.4. The fraction of sp³-hybridized carbons (Fsp3) is 0.200. The number of sulfonamides is 2. The molecule has 25 heavy (non-hydrogen) atoms. The van der Waals surface area contributed by atoms with Crippen LogP contribution in [0.25, 0.3) is 0 Å². The van der Waals surface area contributed by atoms with E-state index < -0.39 is 36.6 Å². The SMILES string of the molecule is Cc1ccc(NS(=O)(=O)c2ccc(F)c(F)c2)cc1S(=O)(=O)N(C)C. The van der Waals surface area contributed by atoms with E-state index in [0.29, 0.717) is 17.7 Å². The number of halogens is 2. The lowest BCUT2D eigenvalue weighted by Crippen LogP contribution is -2.23. The molecule has 0 radical (unpaired) electrons. The molecular weight excluding hydrogens is 374 g/mol. The topological polar surface area (TPSA) is 83.5 Å². The molecule has 0 saturated carbocycles. The number of rotatable bonds is 5. The van der Waals surface area contributed by atoms with Crippen molar-refractivity contribution in [3.63, 3.8) is 0 Å². The van der Waals surface area contributed by atoms with Gasteiger partial charge in [-0.25, -0.2) is 29.9 Å². The van der Waals surface area contributed by atoms with E-state index in [-0.39, 0.29) is 10.6 Å². The molecule has 0 atom stereocenters. The Balaban J connectivity index is 2.45. The summed E-state index contributed by atoms with van der Waals surface area (Å²) < 4.78 is 78.5. The lowest BCUT2D eigenvalue weighted by atomic mass is 10.2. The second-order valence-electron chi connectivity index (χ2n) is 5.45. The number of benzene rings is 2. The van der Waals surface area contributed by atoms with E-state index in [1.807, 2.05) is 0 Å². The van der Waals surface area contributed by atoms with Gasteiger partial charge in [0.05, 0.1) is 15.5 Å². The number of anilines is 1. The van der Waals surface area contributed by atoms with Crippen LogP contribution in [0.4, 0.5) is 14.5 Å². The van der Waals surface area contributed by atoms with Gasteiger partial charge in [0, 0.05) is 14.1 Å². The van der Waals surface area contributed by atoms with Gasteiger partial charge in [-0.2, -0.15) is 0 Å². The van der Waals surface area contributed by atoms with Gasteiger partial charge < -0.3 is 0 Å². The molecule has 2 aromatic carbocycles. The van der Waals surface area contributed by atoms with Crippen LogP contribution in [0, 0.1) is 18.6 Å². The second kappa shape index (κ2) is 6.70. The van der Waals surface area contributed by atoms with Gasteiger partial charge >= 0.3 is 0 Å². The molecule has 0 aromatic heterocycles. The van der Waals surface area contributed by atoms with Crippen molar-refractivity contribution in [1.29, 1.82) is 0 Å². The summed E-state index contributed by atoms with van der Waals surface area (Å²) in [5, 5.41) is 0. The lowest BCUT2D eigenvalue weighted by Gasteiger charge is -2.15. The van der Waals surface area contributed by atoms with Crippen LogP contribution in [0.2, 0.25) is 0 Å². The van der Waals surface area contributed by atoms with Crippen molar-refractivity contribution in [2.45, 2.75) is 16.7 Å². The third-order valence-corrected chi connectivity index (χ3v) is 6.74. The predicted molar refractivity (Wildman–Crippen MR) is 89.2 cm³/mol. The normalized spacial score (nSPS) is 12.4. The van der Waals surface area contributed by atoms with E-state index >= 15 is 0 Å². The quantitative estimate of drug-likeness (QED) is 0.849. The summed E-state index contributed by atoms with van der Waals surface area (Å²) in [7, 11) is -5.28. The second-order valence-corrected chi connectivity index (χ2v) is 9.25. The first kappa shape index (κ1) is 19.3. The summed E-state index contributed by atoms with van der Waals surface area (Å²) in [6.45, 7) is 1.57. The summed E-state index contributed by atoms with van der Waals surface area (Å²) in [6.07, 6.45) is 0. The number of nitrogens with one attached hydrogen (secondary N) is 1. The van der Waals surface area contributed by atoms with Crippen molar-refractivity contribution in [2.24, 2.45) is 0 Å². The van der Waals surface area contributed by atoms with Crippen molar-refractivity contribution in [1.82, 2.24) is 4.31 Å².